The van der Waals surface area contributed by atoms with E-state index in [1.807, 2.05) is 30.3 Å². The molecule has 27 heavy (non-hydrogen) atoms. The van der Waals surface area contributed by atoms with Gasteiger partial charge in [-0.05, 0) is 31.0 Å². The average molecular weight is 373 g/mol. The first-order chi connectivity index (χ1) is 13.4. The summed E-state index contributed by atoms with van der Waals surface area (Å²) in [4.78, 5) is 4.56. The fraction of sp³-hybridized carbons (Fsp3) is 0.476. The highest BCUT2D eigenvalue weighted by Gasteiger charge is 1.99. The summed E-state index contributed by atoms with van der Waals surface area (Å²) in [5.41, 5.74) is 1.18. The van der Waals surface area contributed by atoms with Crippen molar-refractivity contribution in [2.24, 2.45) is 4.99 Å². The van der Waals surface area contributed by atoms with Gasteiger partial charge in [0.1, 0.15) is 5.76 Å². The van der Waals surface area contributed by atoms with Gasteiger partial charge in [0.15, 0.2) is 5.96 Å². The number of ether oxygens (including phenoxy) is 2. The maximum absolute atomic E-state index is 5.60. The van der Waals surface area contributed by atoms with E-state index in [1.54, 1.807) is 6.26 Å². The van der Waals surface area contributed by atoms with Crippen LogP contribution in [0.1, 0.15) is 24.7 Å². The fourth-order valence-corrected chi connectivity index (χ4v) is 2.44. The third-order valence-corrected chi connectivity index (χ3v) is 3.79. The van der Waals surface area contributed by atoms with Crippen molar-refractivity contribution in [2.45, 2.75) is 26.4 Å². The third kappa shape index (κ3) is 9.82. The zero-order valence-electron chi connectivity index (χ0n) is 16.2. The summed E-state index contributed by atoms with van der Waals surface area (Å²) in [6.45, 7) is 6.93. The molecule has 0 saturated heterocycles. The summed E-state index contributed by atoms with van der Waals surface area (Å²) >= 11 is 0. The first kappa shape index (κ1) is 21.0. The van der Waals surface area contributed by atoms with Crippen LogP contribution in [0.15, 0.2) is 58.1 Å². The Morgan fingerprint density at radius 1 is 1.00 bits per heavy atom. The first-order valence-corrected chi connectivity index (χ1v) is 9.62. The van der Waals surface area contributed by atoms with Crippen molar-refractivity contribution < 1.29 is 13.9 Å². The van der Waals surface area contributed by atoms with Crippen molar-refractivity contribution in [1.82, 2.24) is 10.6 Å². The molecule has 0 saturated carbocycles. The predicted molar refractivity (Wildman–Crippen MR) is 108 cm³/mol. The lowest BCUT2D eigenvalue weighted by Crippen LogP contribution is -2.38. The second-order valence-corrected chi connectivity index (χ2v) is 6.02. The van der Waals surface area contributed by atoms with Gasteiger partial charge in [-0.25, -0.2) is 0 Å². The van der Waals surface area contributed by atoms with Crippen LogP contribution < -0.4 is 10.6 Å². The Labute approximate surface area is 162 Å². The molecule has 0 amide bonds. The van der Waals surface area contributed by atoms with Crippen molar-refractivity contribution in [3.63, 3.8) is 0 Å². The molecule has 0 unspecified atom stereocenters. The van der Waals surface area contributed by atoms with Crippen molar-refractivity contribution in [1.29, 1.82) is 0 Å². The van der Waals surface area contributed by atoms with Gasteiger partial charge in [-0.2, -0.15) is 0 Å². The zero-order chi connectivity index (χ0) is 19.0. The number of nitrogens with one attached hydrogen (secondary N) is 2. The Kier molecular flexibility index (Phi) is 10.8. The molecule has 0 aliphatic rings. The van der Waals surface area contributed by atoms with Crippen LogP contribution in [0.3, 0.4) is 0 Å². The third-order valence-electron chi connectivity index (χ3n) is 3.79. The smallest absolute Gasteiger partial charge is 0.191 e. The Bertz CT molecular complexity index is 615. The van der Waals surface area contributed by atoms with E-state index in [0.29, 0.717) is 26.4 Å². The highest BCUT2D eigenvalue weighted by molar-refractivity contribution is 5.79. The quantitative estimate of drug-likeness (QED) is 0.321. The topological polar surface area (TPSA) is 68.0 Å². The molecule has 6 heteroatoms. The standard InChI is InChI=1S/C21H31N3O3/c1-2-22-21(24-13-11-20-10-6-15-27-20)23-12-7-14-25-16-17-26-18-19-8-4-3-5-9-19/h3-6,8-10,15H,2,7,11-14,16-18H2,1H3,(H2,22,23,24). The Morgan fingerprint density at radius 3 is 2.63 bits per heavy atom. The van der Waals surface area contributed by atoms with Crippen LogP contribution in [-0.2, 0) is 22.5 Å². The van der Waals surface area contributed by atoms with Gasteiger partial charge in [0, 0.05) is 32.7 Å². The number of aliphatic imine (C=N–C) groups is 1. The van der Waals surface area contributed by atoms with Crippen LogP contribution in [0.25, 0.3) is 0 Å². The number of rotatable bonds is 13. The maximum Gasteiger partial charge on any atom is 0.191 e. The summed E-state index contributed by atoms with van der Waals surface area (Å²) in [7, 11) is 0. The van der Waals surface area contributed by atoms with Gasteiger partial charge in [-0.1, -0.05) is 30.3 Å². The van der Waals surface area contributed by atoms with Gasteiger partial charge in [0.05, 0.1) is 26.1 Å². The molecule has 2 rings (SSSR count). The molecule has 0 spiro atoms. The number of hydrogen-bond acceptors (Lipinski definition) is 4. The second-order valence-electron chi connectivity index (χ2n) is 6.02. The number of nitrogens with zero attached hydrogens (tertiary/aromatic N) is 1. The molecule has 0 fully saturated rings. The van der Waals surface area contributed by atoms with Crippen molar-refractivity contribution in [2.75, 3.05) is 39.5 Å². The Morgan fingerprint density at radius 2 is 1.85 bits per heavy atom. The molecule has 6 nitrogen and oxygen atoms in total. The van der Waals surface area contributed by atoms with Gasteiger partial charge in [-0.3, -0.25) is 4.99 Å². The minimum absolute atomic E-state index is 0.606. The lowest BCUT2D eigenvalue weighted by atomic mass is 10.2. The summed E-state index contributed by atoms with van der Waals surface area (Å²) in [6.07, 6.45) is 3.41. The van der Waals surface area contributed by atoms with E-state index in [0.717, 1.165) is 44.2 Å². The zero-order valence-corrected chi connectivity index (χ0v) is 16.2. The molecule has 148 valence electrons. The molecule has 0 radical (unpaired) electrons. The first-order valence-electron chi connectivity index (χ1n) is 9.62. The van der Waals surface area contributed by atoms with E-state index in [2.05, 4.69) is 34.7 Å². The van der Waals surface area contributed by atoms with E-state index >= 15 is 0 Å². The molecule has 0 bridgehead atoms. The van der Waals surface area contributed by atoms with Crippen LogP contribution in [0.4, 0.5) is 0 Å². The summed E-state index contributed by atoms with van der Waals surface area (Å²) in [6, 6.07) is 14.0. The van der Waals surface area contributed by atoms with E-state index in [9.17, 15) is 0 Å². The Hall–Kier alpha value is -2.31. The van der Waals surface area contributed by atoms with Crippen molar-refractivity contribution in [3.8, 4) is 0 Å². The van der Waals surface area contributed by atoms with Crippen LogP contribution in [0.5, 0.6) is 0 Å². The SMILES string of the molecule is CCNC(=NCCCOCCOCc1ccccc1)NCCc1ccco1. The minimum Gasteiger partial charge on any atom is -0.469 e. The molecule has 1 aromatic carbocycles. The highest BCUT2D eigenvalue weighted by Crippen LogP contribution is 2.00. The minimum atomic E-state index is 0.606. The van der Waals surface area contributed by atoms with Gasteiger partial charge in [0.25, 0.3) is 0 Å². The van der Waals surface area contributed by atoms with Crippen molar-refractivity contribution in [3.05, 3.63) is 60.1 Å². The summed E-state index contributed by atoms with van der Waals surface area (Å²) < 4.78 is 16.5. The monoisotopic (exact) mass is 373 g/mol. The van der Waals surface area contributed by atoms with Crippen LogP contribution in [0, 0.1) is 0 Å². The maximum atomic E-state index is 5.60. The molecule has 2 aromatic rings. The fourth-order valence-electron chi connectivity index (χ4n) is 2.44. The van der Waals surface area contributed by atoms with E-state index in [-0.39, 0.29) is 0 Å². The highest BCUT2D eigenvalue weighted by atomic mass is 16.5. The molecular formula is C21H31N3O3. The second kappa shape index (κ2) is 13.8. The van der Waals surface area contributed by atoms with Crippen LogP contribution >= 0.6 is 0 Å². The van der Waals surface area contributed by atoms with E-state index in [1.165, 1.54) is 5.56 Å². The molecule has 2 N–H and O–H groups in total. The molecular weight excluding hydrogens is 342 g/mol. The van der Waals surface area contributed by atoms with Gasteiger partial charge in [-0.15, -0.1) is 0 Å². The normalized spacial score (nSPS) is 11.5. The molecule has 0 aliphatic heterocycles. The van der Waals surface area contributed by atoms with Gasteiger partial charge >= 0.3 is 0 Å². The molecule has 0 atom stereocenters. The average Bonchev–Trinajstić information content (AvgIpc) is 3.21. The lowest BCUT2D eigenvalue weighted by Gasteiger charge is -2.10. The van der Waals surface area contributed by atoms with Gasteiger partial charge < -0.3 is 24.5 Å². The van der Waals surface area contributed by atoms with Gasteiger partial charge in [0.2, 0.25) is 0 Å². The number of benzene rings is 1. The summed E-state index contributed by atoms with van der Waals surface area (Å²) in [5.74, 6) is 1.80. The molecule has 1 aromatic heterocycles. The number of furan rings is 1. The molecule has 1 heterocycles. The predicted octanol–water partition coefficient (Wildman–Crippen LogP) is 3.00. The Balaban J connectivity index is 1.48. The number of hydrogen-bond donors (Lipinski definition) is 2. The van der Waals surface area contributed by atoms with Crippen LogP contribution in [-0.4, -0.2) is 45.4 Å². The molecule has 0 aliphatic carbocycles. The summed E-state index contributed by atoms with van der Waals surface area (Å²) in [5, 5.41) is 6.56. The number of guanidine groups is 1. The van der Waals surface area contributed by atoms with Crippen molar-refractivity contribution >= 4 is 5.96 Å². The van der Waals surface area contributed by atoms with E-state index in [4.69, 9.17) is 13.9 Å². The largest absolute Gasteiger partial charge is 0.469 e. The lowest BCUT2D eigenvalue weighted by molar-refractivity contribution is 0.0403. The van der Waals surface area contributed by atoms with E-state index < -0.39 is 0 Å². The van der Waals surface area contributed by atoms with Crippen LogP contribution in [0.2, 0.25) is 0 Å².